The summed E-state index contributed by atoms with van der Waals surface area (Å²) in [5, 5.41) is 2.77. The molecule has 0 unspecified atom stereocenters. The van der Waals surface area contributed by atoms with Crippen LogP contribution in [-0.2, 0) is 9.59 Å². The summed E-state index contributed by atoms with van der Waals surface area (Å²) in [6.45, 7) is 2.76. The van der Waals surface area contributed by atoms with E-state index in [0.717, 1.165) is 0 Å². The van der Waals surface area contributed by atoms with Crippen LogP contribution in [0.1, 0.15) is 36.5 Å². The predicted octanol–water partition coefficient (Wildman–Crippen LogP) is 1.40. The van der Waals surface area contributed by atoms with Gasteiger partial charge in [0.05, 0.1) is 7.11 Å². The Balaban J connectivity index is 1.89. The fourth-order valence-corrected chi connectivity index (χ4v) is 2.56. The Morgan fingerprint density at radius 2 is 1.96 bits per heavy atom. The molecule has 2 amide bonds. The number of carbonyl (C=O) groups is 3. The van der Waals surface area contributed by atoms with Crippen LogP contribution in [0.3, 0.4) is 0 Å². The monoisotopic (exact) mass is 318 g/mol. The zero-order chi connectivity index (χ0) is 16.8. The number of rotatable bonds is 5. The molecule has 0 saturated carbocycles. The van der Waals surface area contributed by atoms with Gasteiger partial charge in [0.25, 0.3) is 0 Å². The van der Waals surface area contributed by atoms with Crippen molar-refractivity contribution >= 4 is 17.6 Å². The molecular formula is C17H22N2O4. The summed E-state index contributed by atoms with van der Waals surface area (Å²) in [6, 6.07) is 6.79. The van der Waals surface area contributed by atoms with Crippen LogP contribution in [-0.4, -0.2) is 48.7 Å². The van der Waals surface area contributed by atoms with Crippen molar-refractivity contribution in [3.8, 4) is 5.75 Å². The molecule has 1 aromatic rings. The standard InChI is InChI=1S/C17H22N2O4/c1-12-11-18-16(21)9-10-19(12)17(22)8-7-15(20)13-3-5-14(23-2)6-4-13/h3-6,12H,7-11H2,1-2H3,(H,18,21)/t12-/m0/s1. The lowest BCUT2D eigenvalue weighted by Gasteiger charge is -2.26. The van der Waals surface area contributed by atoms with Crippen LogP contribution in [0.15, 0.2) is 24.3 Å². The van der Waals surface area contributed by atoms with Gasteiger partial charge in [-0.3, -0.25) is 14.4 Å². The number of hydrogen-bond donors (Lipinski definition) is 1. The van der Waals surface area contributed by atoms with Crippen molar-refractivity contribution in [2.45, 2.75) is 32.2 Å². The van der Waals surface area contributed by atoms with Crippen LogP contribution >= 0.6 is 0 Å². The Morgan fingerprint density at radius 1 is 1.26 bits per heavy atom. The Kier molecular flexibility index (Phi) is 5.73. The molecule has 6 nitrogen and oxygen atoms in total. The number of amides is 2. The lowest BCUT2D eigenvalue weighted by molar-refractivity contribution is -0.132. The summed E-state index contributed by atoms with van der Waals surface area (Å²) in [5.74, 6) is 0.489. The molecule has 0 radical (unpaired) electrons. The number of carbonyl (C=O) groups excluding carboxylic acids is 3. The molecule has 1 saturated heterocycles. The Morgan fingerprint density at radius 3 is 2.61 bits per heavy atom. The molecule has 1 N–H and O–H groups in total. The maximum atomic E-state index is 12.3. The van der Waals surface area contributed by atoms with Gasteiger partial charge >= 0.3 is 0 Å². The Bertz CT molecular complexity index is 583. The van der Waals surface area contributed by atoms with E-state index in [-0.39, 0.29) is 36.5 Å². The highest BCUT2D eigenvalue weighted by Gasteiger charge is 2.24. The molecule has 0 aliphatic carbocycles. The minimum atomic E-state index is -0.0872. The van der Waals surface area contributed by atoms with E-state index < -0.39 is 0 Å². The summed E-state index contributed by atoms with van der Waals surface area (Å²) in [6.07, 6.45) is 0.627. The van der Waals surface area contributed by atoms with E-state index in [0.29, 0.717) is 30.8 Å². The molecule has 6 heteroatoms. The molecule has 2 rings (SSSR count). The van der Waals surface area contributed by atoms with Gasteiger partial charge in [0, 0.05) is 44.0 Å². The number of ketones is 1. The second-order valence-corrected chi connectivity index (χ2v) is 5.64. The molecule has 1 heterocycles. The first-order chi connectivity index (χ1) is 11.0. The molecule has 1 aromatic carbocycles. The number of ether oxygens (including phenoxy) is 1. The number of nitrogens with zero attached hydrogens (tertiary/aromatic N) is 1. The van der Waals surface area contributed by atoms with Crippen molar-refractivity contribution in [2.24, 2.45) is 0 Å². The van der Waals surface area contributed by atoms with Gasteiger partial charge in [0.1, 0.15) is 5.75 Å². The van der Waals surface area contributed by atoms with Crippen LogP contribution in [0.5, 0.6) is 5.75 Å². The first kappa shape index (κ1) is 17.0. The predicted molar refractivity (Wildman–Crippen MR) is 85.4 cm³/mol. The first-order valence-corrected chi connectivity index (χ1v) is 7.74. The molecule has 124 valence electrons. The molecule has 1 aliphatic rings. The van der Waals surface area contributed by atoms with Gasteiger partial charge in [-0.15, -0.1) is 0 Å². The second-order valence-electron chi connectivity index (χ2n) is 5.64. The van der Waals surface area contributed by atoms with E-state index >= 15 is 0 Å². The van der Waals surface area contributed by atoms with Crippen LogP contribution in [0.25, 0.3) is 0 Å². The highest BCUT2D eigenvalue weighted by atomic mass is 16.5. The molecule has 0 bridgehead atoms. The number of Topliss-reactive ketones (excluding diaryl/α,β-unsaturated/α-hetero) is 1. The quantitative estimate of drug-likeness (QED) is 0.833. The third-order valence-electron chi connectivity index (χ3n) is 4.00. The van der Waals surface area contributed by atoms with Crippen LogP contribution < -0.4 is 10.1 Å². The summed E-state index contributed by atoms with van der Waals surface area (Å²) in [5.41, 5.74) is 0.569. The second kappa shape index (κ2) is 7.76. The van der Waals surface area contributed by atoms with E-state index in [2.05, 4.69) is 5.32 Å². The van der Waals surface area contributed by atoms with Crippen molar-refractivity contribution in [3.63, 3.8) is 0 Å². The van der Waals surface area contributed by atoms with Crippen molar-refractivity contribution in [1.29, 1.82) is 0 Å². The van der Waals surface area contributed by atoms with Gasteiger partial charge in [-0.25, -0.2) is 0 Å². The molecular weight excluding hydrogens is 296 g/mol. The van der Waals surface area contributed by atoms with E-state index in [1.165, 1.54) is 0 Å². The van der Waals surface area contributed by atoms with Crippen molar-refractivity contribution in [1.82, 2.24) is 10.2 Å². The maximum Gasteiger partial charge on any atom is 0.223 e. The molecule has 1 aliphatic heterocycles. The topological polar surface area (TPSA) is 75.7 Å². The summed E-state index contributed by atoms with van der Waals surface area (Å²) in [4.78, 5) is 37.5. The number of methoxy groups -OCH3 is 1. The largest absolute Gasteiger partial charge is 0.497 e. The van der Waals surface area contributed by atoms with Crippen molar-refractivity contribution in [2.75, 3.05) is 20.2 Å². The minimum absolute atomic E-state index is 0.0403. The summed E-state index contributed by atoms with van der Waals surface area (Å²) < 4.78 is 5.05. The number of hydrogen-bond acceptors (Lipinski definition) is 4. The molecule has 1 atom stereocenters. The molecule has 1 fully saturated rings. The lowest BCUT2D eigenvalue weighted by atomic mass is 10.1. The molecule has 0 spiro atoms. The lowest BCUT2D eigenvalue weighted by Crippen LogP contribution is -2.41. The normalized spacial score (nSPS) is 18.1. The number of nitrogens with one attached hydrogen (secondary N) is 1. The highest BCUT2D eigenvalue weighted by Crippen LogP contribution is 2.14. The average Bonchev–Trinajstić information content (AvgIpc) is 2.74. The van der Waals surface area contributed by atoms with E-state index in [4.69, 9.17) is 4.74 Å². The summed E-state index contributed by atoms with van der Waals surface area (Å²) >= 11 is 0. The summed E-state index contributed by atoms with van der Waals surface area (Å²) in [7, 11) is 1.57. The molecule has 0 aromatic heterocycles. The smallest absolute Gasteiger partial charge is 0.223 e. The highest BCUT2D eigenvalue weighted by molar-refractivity contribution is 5.98. The third kappa shape index (κ3) is 4.55. The van der Waals surface area contributed by atoms with Crippen LogP contribution in [0.4, 0.5) is 0 Å². The fraction of sp³-hybridized carbons (Fsp3) is 0.471. The van der Waals surface area contributed by atoms with Gasteiger partial charge in [0.15, 0.2) is 5.78 Å². The average molecular weight is 318 g/mol. The van der Waals surface area contributed by atoms with E-state index in [1.54, 1.807) is 36.3 Å². The minimum Gasteiger partial charge on any atom is -0.497 e. The Hall–Kier alpha value is -2.37. The van der Waals surface area contributed by atoms with Crippen LogP contribution in [0.2, 0.25) is 0 Å². The van der Waals surface area contributed by atoms with Gasteiger partial charge in [0.2, 0.25) is 11.8 Å². The van der Waals surface area contributed by atoms with Gasteiger partial charge in [-0.1, -0.05) is 0 Å². The Labute approximate surface area is 135 Å². The van der Waals surface area contributed by atoms with E-state index in [1.807, 2.05) is 6.92 Å². The van der Waals surface area contributed by atoms with Gasteiger partial charge < -0.3 is 15.0 Å². The zero-order valence-electron chi connectivity index (χ0n) is 13.5. The SMILES string of the molecule is COc1ccc(C(=O)CCC(=O)N2CCC(=O)NC[C@@H]2C)cc1. The number of benzene rings is 1. The zero-order valence-corrected chi connectivity index (χ0v) is 13.5. The van der Waals surface area contributed by atoms with Crippen LogP contribution in [0, 0.1) is 0 Å². The third-order valence-corrected chi connectivity index (χ3v) is 4.00. The van der Waals surface area contributed by atoms with Gasteiger partial charge in [-0.05, 0) is 31.2 Å². The first-order valence-electron chi connectivity index (χ1n) is 7.74. The van der Waals surface area contributed by atoms with Crippen molar-refractivity contribution < 1.29 is 19.1 Å². The molecule has 23 heavy (non-hydrogen) atoms. The maximum absolute atomic E-state index is 12.3. The van der Waals surface area contributed by atoms with E-state index in [9.17, 15) is 14.4 Å². The van der Waals surface area contributed by atoms with Gasteiger partial charge in [-0.2, -0.15) is 0 Å². The fourth-order valence-electron chi connectivity index (χ4n) is 2.56. The van der Waals surface area contributed by atoms with Crippen molar-refractivity contribution in [3.05, 3.63) is 29.8 Å².